The van der Waals surface area contributed by atoms with Gasteiger partial charge in [-0.2, -0.15) is 0 Å². The number of benzene rings is 1. The number of hydrogen-bond donors (Lipinski definition) is 0. The van der Waals surface area contributed by atoms with Gasteiger partial charge in [0.25, 0.3) is 0 Å². The summed E-state index contributed by atoms with van der Waals surface area (Å²) in [6, 6.07) is 7.64. The highest BCUT2D eigenvalue weighted by atomic mass is 16.1. The molecule has 1 aromatic carbocycles. The molecule has 1 aliphatic rings. The first-order valence-corrected chi connectivity index (χ1v) is 6.08. The quantitative estimate of drug-likeness (QED) is 0.573. The highest BCUT2D eigenvalue weighted by Gasteiger charge is 2.19. The lowest BCUT2D eigenvalue weighted by molar-refractivity contribution is 0.0995. The van der Waals surface area contributed by atoms with Crippen molar-refractivity contribution in [2.24, 2.45) is 0 Å². The van der Waals surface area contributed by atoms with Crippen LogP contribution >= 0.6 is 0 Å². The summed E-state index contributed by atoms with van der Waals surface area (Å²) >= 11 is 0. The molecule has 90 valence electrons. The summed E-state index contributed by atoms with van der Waals surface area (Å²) in [5.74, 6) is 0.0557. The molecule has 0 bridgehead atoms. The van der Waals surface area contributed by atoms with Crippen LogP contribution < -0.4 is 0 Å². The highest BCUT2D eigenvalue weighted by Crippen LogP contribution is 2.25. The van der Waals surface area contributed by atoms with E-state index in [1.807, 2.05) is 36.4 Å². The largest absolute Gasteiger partial charge is 0.294 e. The Bertz CT molecular complexity index is 868. The third-order valence-corrected chi connectivity index (χ3v) is 3.27. The maximum atomic E-state index is 12.1. The van der Waals surface area contributed by atoms with Crippen molar-refractivity contribution >= 4 is 33.9 Å². The third kappa shape index (κ3) is 1.46. The number of Topliss-reactive ketones (excluding diaryl/α,β-unsaturated/α-hetero) is 1. The van der Waals surface area contributed by atoms with Gasteiger partial charge in [0.15, 0.2) is 5.78 Å². The zero-order chi connectivity index (χ0) is 12.8. The Morgan fingerprint density at radius 3 is 2.63 bits per heavy atom. The molecule has 4 heteroatoms. The van der Waals surface area contributed by atoms with E-state index < -0.39 is 0 Å². The lowest BCUT2D eigenvalue weighted by Gasteiger charge is -2.11. The minimum Gasteiger partial charge on any atom is -0.294 e. The zero-order valence-corrected chi connectivity index (χ0v) is 10.00. The van der Waals surface area contributed by atoms with Gasteiger partial charge in [0.2, 0.25) is 0 Å². The van der Waals surface area contributed by atoms with Crippen LogP contribution in [0.4, 0.5) is 0 Å². The predicted octanol–water partition coefficient (Wildman–Crippen LogP) is 2.78. The second kappa shape index (κ2) is 3.68. The first kappa shape index (κ1) is 10.3. The van der Waals surface area contributed by atoms with Gasteiger partial charge in [0, 0.05) is 6.42 Å². The van der Waals surface area contributed by atoms with Crippen LogP contribution in [0.15, 0.2) is 36.5 Å². The molecule has 0 fully saturated rings. The number of allylic oxidation sites excluding steroid dienone is 1. The average molecular weight is 247 g/mol. The van der Waals surface area contributed by atoms with Gasteiger partial charge in [0.05, 0.1) is 28.5 Å². The van der Waals surface area contributed by atoms with E-state index in [9.17, 15) is 4.79 Å². The van der Waals surface area contributed by atoms with Crippen molar-refractivity contribution in [2.75, 3.05) is 0 Å². The third-order valence-electron chi connectivity index (χ3n) is 3.27. The zero-order valence-electron chi connectivity index (χ0n) is 10.00. The molecular formula is C15H9N3O. The molecule has 1 aliphatic carbocycles. The summed E-state index contributed by atoms with van der Waals surface area (Å²) in [6.45, 7) is 0. The van der Waals surface area contributed by atoms with Gasteiger partial charge in [-0.25, -0.2) is 9.97 Å². The number of rotatable bonds is 0. The van der Waals surface area contributed by atoms with E-state index >= 15 is 0 Å². The molecule has 0 unspecified atom stereocenters. The van der Waals surface area contributed by atoms with Crippen LogP contribution in [0.1, 0.15) is 22.5 Å². The van der Waals surface area contributed by atoms with E-state index in [4.69, 9.17) is 0 Å². The van der Waals surface area contributed by atoms with Gasteiger partial charge in [-0.05, 0) is 18.2 Å². The fourth-order valence-electron chi connectivity index (χ4n) is 2.39. The van der Waals surface area contributed by atoms with Crippen molar-refractivity contribution in [3.05, 3.63) is 47.8 Å². The van der Waals surface area contributed by atoms with Crippen LogP contribution in [0.3, 0.4) is 0 Å². The predicted molar refractivity (Wildman–Crippen MR) is 72.8 cm³/mol. The van der Waals surface area contributed by atoms with Crippen LogP contribution in [0.2, 0.25) is 0 Å². The van der Waals surface area contributed by atoms with Gasteiger partial charge in [-0.15, -0.1) is 0 Å². The molecule has 19 heavy (non-hydrogen) atoms. The molecule has 0 saturated heterocycles. The fraction of sp³-hybridized carbons (Fsp3) is 0.0667. The summed E-state index contributed by atoms with van der Waals surface area (Å²) in [5.41, 5.74) is 4.21. The van der Waals surface area contributed by atoms with Crippen molar-refractivity contribution in [2.45, 2.75) is 6.42 Å². The van der Waals surface area contributed by atoms with E-state index in [1.54, 1.807) is 6.20 Å². The molecule has 0 atom stereocenters. The van der Waals surface area contributed by atoms with Crippen LogP contribution in [-0.4, -0.2) is 20.7 Å². The van der Waals surface area contributed by atoms with Crippen molar-refractivity contribution in [1.82, 2.24) is 15.0 Å². The summed E-state index contributed by atoms with van der Waals surface area (Å²) in [6.07, 6.45) is 5.78. The monoisotopic (exact) mass is 247 g/mol. The van der Waals surface area contributed by atoms with E-state index in [0.717, 1.165) is 11.0 Å². The fourth-order valence-corrected chi connectivity index (χ4v) is 2.39. The molecule has 3 aromatic rings. The number of aromatic nitrogens is 3. The van der Waals surface area contributed by atoms with Crippen LogP contribution in [0.5, 0.6) is 0 Å². The van der Waals surface area contributed by atoms with Crippen LogP contribution in [0, 0.1) is 0 Å². The molecule has 0 spiro atoms. The van der Waals surface area contributed by atoms with E-state index in [-0.39, 0.29) is 5.78 Å². The number of carbonyl (C=O) groups is 1. The number of pyridine rings is 1. The molecule has 2 heterocycles. The van der Waals surface area contributed by atoms with Gasteiger partial charge < -0.3 is 0 Å². The maximum absolute atomic E-state index is 12.1. The Kier molecular flexibility index (Phi) is 2.00. The minimum absolute atomic E-state index is 0.0557. The van der Waals surface area contributed by atoms with Crippen LogP contribution in [0.25, 0.3) is 28.1 Å². The molecule has 0 saturated carbocycles. The lowest BCUT2D eigenvalue weighted by atomic mass is 9.99. The number of fused-ring (bicyclic) bond motifs is 4. The lowest BCUT2D eigenvalue weighted by Crippen LogP contribution is -2.08. The van der Waals surface area contributed by atoms with E-state index in [1.165, 1.54) is 0 Å². The standard InChI is InChI=1S/C15H9N3O/c19-13-7-3-6-11-14(13)15-12(8-16-11)17-9-4-1-2-5-10(9)18-15/h1-6,8H,7H2. The van der Waals surface area contributed by atoms with Crippen LogP contribution in [-0.2, 0) is 0 Å². The minimum atomic E-state index is 0.0557. The molecular weight excluding hydrogens is 238 g/mol. The maximum Gasteiger partial charge on any atom is 0.171 e. The number of carbonyl (C=O) groups excluding carboxylic acids is 1. The van der Waals surface area contributed by atoms with Crippen molar-refractivity contribution in [1.29, 1.82) is 0 Å². The number of nitrogens with zero attached hydrogens (tertiary/aromatic N) is 3. The SMILES string of the molecule is O=C1CC=Cc2ncc3nc4ccccc4nc3c21. The summed E-state index contributed by atoms with van der Waals surface area (Å²) < 4.78 is 0. The van der Waals surface area contributed by atoms with Gasteiger partial charge in [0.1, 0.15) is 11.0 Å². The van der Waals surface area contributed by atoms with E-state index in [2.05, 4.69) is 15.0 Å². The molecule has 0 aliphatic heterocycles. The first-order valence-electron chi connectivity index (χ1n) is 6.08. The Morgan fingerprint density at radius 1 is 1.00 bits per heavy atom. The van der Waals surface area contributed by atoms with Crippen molar-refractivity contribution in [3.8, 4) is 0 Å². The Hall–Kier alpha value is -2.62. The second-order valence-electron chi connectivity index (χ2n) is 4.49. The van der Waals surface area contributed by atoms with Gasteiger partial charge in [-0.3, -0.25) is 9.78 Å². The molecule has 0 amide bonds. The molecule has 0 N–H and O–H groups in total. The number of hydrogen-bond acceptors (Lipinski definition) is 4. The summed E-state index contributed by atoms with van der Waals surface area (Å²) in [7, 11) is 0. The number of ketones is 1. The topological polar surface area (TPSA) is 55.7 Å². The highest BCUT2D eigenvalue weighted by molar-refractivity contribution is 6.11. The second-order valence-corrected chi connectivity index (χ2v) is 4.49. The number of para-hydroxylation sites is 2. The summed E-state index contributed by atoms with van der Waals surface area (Å²) in [4.78, 5) is 25.5. The van der Waals surface area contributed by atoms with Gasteiger partial charge >= 0.3 is 0 Å². The summed E-state index contributed by atoms with van der Waals surface area (Å²) in [5, 5.41) is 0. The molecule has 0 radical (unpaired) electrons. The van der Waals surface area contributed by atoms with Crippen molar-refractivity contribution < 1.29 is 4.79 Å². The van der Waals surface area contributed by atoms with E-state index in [0.29, 0.717) is 28.7 Å². The Balaban J connectivity index is 2.19. The smallest absolute Gasteiger partial charge is 0.171 e. The average Bonchev–Trinajstić information content (AvgIpc) is 2.45. The normalized spacial score (nSPS) is 14.0. The molecule has 2 aromatic heterocycles. The van der Waals surface area contributed by atoms with Crippen molar-refractivity contribution in [3.63, 3.8) is 0 Å². The molecule has 4 rings (SSSR count). The Morgan fingerprint density at radius 2 is 1.79 bits per heavy atom. The first-order chi connectivity index (χ1) is 9.33. The Labute approximate surface area is 108 Å². The molecule has 4 nitrogen and oxygen atoms in total. The van der Waals surface area contributed by atoms with Gasteiger partial charge in [-0.1, -0.05) is 18.2 Å².